The van der Waals surface area contributed by atoms with Crippen LogP contribution in [0.15, 0.2) is 10.8 Å². The molecule has 2 N–H and O–H groups in total. The van der Waals surface area contributed by atoms with E-state index in [9.17, 15) is 9.59 Å². The summed E-state index contributed by atoms with van der Waals surface area (Å²) >= 11 is 0. The molecule has 2 atom stereocenters. The van der Waals surface area contributed by atoms with E-state index in [1.165, 1.54) is 6.39 Å². The fourth-order valence-corrected chi connectivity index (χ4v) is 2.47. The Labute approximate surface area is 111 Å². The molecule has 0 radical (unpaired) electrons. The van der Waals surface area contributed by atoms with Gasteiger partial charge in [-0.15, -0.1) is 0 Å². The summed E-state index contributed by atoms with van der Waals surface area (Å²) in [4.78, 5) is 27.0. The second-order valence-corrected chi connectivity index (χ2v) is 4.97. The Balaban J connectivity index is 1.86. The molecule has 104 valence electrons. The van der Waals surface area contributed by atoms with Crippen LogP contribution in [0.5, 0.6) is 0 Å². The Kier molecular flexibility index (Phi) is 4.19. The van der Waals surface area contributed by atoms with Gasteiger partial charge in [-0.3, -0.25) is 9.59 Å². The van der Waals surface area contributed by atoms with Crippen LogP contribution in [0.3, 0.4) is 0 Å². The van der Waals surface area contributed by atoms with Gasteiger partial charge in [0.25, 0.3) is 0 Å². The van der Waals surface area contributed by atoms with E-state index in [2.05, 4.69) is 10.3 Å². The maximum absolute atomic E-state index is 12.0. The molecule has 0 spiro atoms. The lowest BCUT2D eigenvalue weighted by Gasteiger charge is -2.25. The van der Waals surface area contributed by atoms with E-state index in [-0.39, 0.29) is 11.8 Å². The first-order valence-corrected chi connectivity index (χ1v) is 6.47. The van der Waals surface area contributed by atoms with Gasteiger partial charge >= 0.3 is 5.97 Å². The number of carbonyl (C=O) groups excluding carboxylic acids is 1. The highest BCUT2D eigenvalue weighted by Gasteiger charge is 2.30. The van der Waals surface area contributed by atoms with E-state index in [4.69, 9.17) is 9.52 Å². The Bertz CT molecular complexity index is 469. The van der Waals surface area contributed by atoms with Crippen molar-refractivity contribution in [1.29, 1.82) is 0 Å². The molecule has 1 heterocycles. The van der Waals surface area contributed by atoms with Gasteiger partial charge in [-0.1, -0.05) is 6.42 Å². The Morgan fingerprint density at radius 2 is 2.21 bits per heavy atom. The average Bonchev–Trinajstić information content (AvgIpc) is 2.81. The third kappa shape index (κ3) is 3.33. The molecule has 0 bridgehead atoms. The molecule has 6 nitrogen and oxygen atoms in total. The number of carboxylic acids is 1. The van der Waals surface area contributed by atoms with E-state index in [0.717, 1.165) is 12.8 Å². The van der Waals surface area contributed by atoms with Crippen LogP contribution in [0.25, 0.3) is 0 Å². The van der Waals surface area contributed by atoms with Gasteiger partial charge in [-0.25, -0.2) is 4.98 Å². The Morgan fingerprint density at radius 3 is 2.84 bits per heavy atom. The van der Waals surface area contributed by atoms with Crippen molar-refractivity contribution >= 4 is 11.9 Å². The number of aromatic nitrogens is 1. The van der Waals surface area contributed by atoms with Crippen LogP contribution >= 0.6 is 0 Å². The standard InChI is InChI=1S/C13H18N2O4/c1-8-11(15-7-19-8)6-14-12(16)9-3-2-4-10(5-9)13(17)18/h7,9-10H,2-6H2,1H3,(H,14,16)(H,17,18). The third-order valence-electron chi connectivity index (χ3n) is 3.67. The summed E-state index contributed by atoms with van der Waals surface area (Å²) in [5, 5.41) is 11.8. The van der Waals surface area contributed by atoms with Crippen LogP contribution in [0, 0.1) is 18.8 Å². The van der Waals surface area contributed by atoms with Gasteiger partial charge in [-0.2, -0.15) is 0 Å². The van der Waals surface area contributed by atoms with E-state index in [1.807, 2.05) is 0 Å². The number of carbonyl (C=O) groups is 2. The summed E-state index contributed by atoms with van der Waals surface area (Å²) in [5.41, 5.74) is 0.707. The molecule has 19 heavy (non-hydrogen) atoms. The van der Waals surface area contributed by atoms with Gasteiger partial charge in [-0.05, 0) is 26.2 Å². The first-order chi connectivity index (χ1) is 9.08. The van der Waals surface area contributed by atoms with Crippen molar-refractivity contribution in [3.8, 4) is 0 Å². The van der Waals surface area contributed by atoms with Gasteiger partial charge in [0.15, 0.2) is 6.39 Å². The number of nitrogens with zero attached hydrogens (tertiary/aromatic N) is 1. The second kappa shape index (κ2) is 5.86. The molecule has 2 rings (SSSR count). The van der Waals surface area contributed by atoms with Crippen LogP contribution < -0.4 is 5.32 Å². The van der Waals surface area contributed by atoms with Crippen LogP contribution in [0.4, 0.5) is 0 Å². The van der Waals surface area contributed by atoms with Gasteiger partial charge < -0.3 is 14.8 Å². The highest BCUT2D eigenvalue weighted by atomic mass is 16.4. The molecule has 1 aromatic rings. The highest BCUT2D eigenvalue weighted by molar-refractivity contribution is 5.80. The van der Waals surface area contributed by atoms with Crippen molar-refractivity contribution in [3.63, 3.8) is 0 Å². The zero-order valence-electron chi connectivity index (χ0n) is 10.9. The lowest BCUT2D eigenvalue weighted by Crippen LogP contribution is -2.35. The smallest absolute Gasteiger partial charge is 0.306 e. The monoisotopic (exact) mass is 266 g/mol. The molecule has 1 fully saturated rings. The van der Waals surface area contributed by atoms with E-state index in [0.29, 0.717) is 30.8 Å². The minimum absolute atomic E-state index is 0.0895. The predicted molar refractivity (Wildman–Crippen MR) is 66.2 cm³/mol. The lowest BCUT2D eigenvalue weighted by molar-refractivity contribution is -0.144. The van der Waals surface area contributed by atoms with Gasteiger partial charge in [0.05, 0.1) is 12.5 Å². The number of oxazole rings is 1. The molecule has 1 aliphatic rings. The third-order valence-corrected chi connectivity index (χ3v) is 3.67. The molecule has 0 aliphatic heterocycles. The summed E-state index contributed by atoms with van der Waals surface area (Å²) < 4.78 is 5.05. The molecule has 1 amide bonds. The molecular formula is C13H18N2O4. The summed E-state index contributed by atoms with van der Waals surface area (Å²) in [6.07, 6.45) is 3.99. The topological polar surface area (TPSA) is 92.4 Å². The minimum Gasteiger partial charge on any atom is -0.481 e. The number of hydrogen-bond acceptors (Lipinski definition) is 4. The Morgan fingerprint density at radius 1 is 1.47 bits per heavy atom. The zero-order valence-corrected chi connectivity index (χ0v) is 10.9. The second-order valence-electron chi connectivity index (χ2n) is 4.97. The molecule has 0 aromatic carbocycles. The highest BCUT2D eigenvalue weighted by Crippen LogP contribution is 2.29. The molecule has 1 aromatic heterocycles. The number of carboxylic acid groups (broad SMARTS) is 1. The summed E-state index contributed by atoms with van der Waals surface area (Å²) in [5.74, 6) is -0.800. The zero-order chi connectivity index (χ0) is 13.8. The number of amides is 1. The van der Waals surface area contributed by atoms with Crippen molar-refractivity contribution in [3.05, 3.63) is 17.8 Å². The van der Waals surface area contributed by atoms with Crippen molar-refractivity contribution in [2.24, 2.45) is 11.8 Å². The van der Waals surface area contributed by atoms with E-state index >= 15 is 0 Å². The van der Waals surface area contributed by atoms with Crippen molar-refractivity contribution in [1.82, 2.24) is 10.3 Å². The minimum atomic E-state index is -0.801. The fraction of sp³-hybridized carbons (Fsp3) is 0.615. The first kappa shape index (κ1) is 13.6. The van der Waals surface area contributed by atoms with Crippen molar-refractivity contribution < 1.29 is 19.1 Å². The number of rotatable bonds is 4. The summed E-state index contributed by atoms with van der Waals surface area (Å²) in [7, 11) is 0. The summed E-state index contributed by atoms with van der Waals surface area (Å²) in [6, 6.07) is 0. The van der Waals surface area contributed by atoms with Gasteiger partial charge in [0.2, 0.25) is 5.91 Å². The first-order valence-electron chi connectivity index (χ1n) is 6.47. The fourth-order valence-electron chi connectivity index (χ4n) is 2.47. The van der Waals surface area contributed by atoms with E-state index < -0.39 is 11.9 Å². The molecular weight excluding hydrogens is 248 g/mol. The normalized spacial score (nSPS) is 23.0. The number of aliphatic carboxylic acids is 1. The predicted octanol–water partition coefficient (Wildman–Crippen LogP) is 1.49. The van der Waals surface area contributed by atoms with Crippen molar-refractivity contribution in [2.45, 2.75) is 39.2 Å². The number of hydrogen-bond donors (Lipinski definition) is 2. The number of aryl methyl sites for hydroxylation is 1. The van der Waals surface area contributed by atoms with Crippen LogP contribution in [-0.4, -0.2) is 22.0 Å². The Hall–Kier alpha value is -1.85. The molecule has 6 heteroatoms. The van der Waals surface area contributed by atoms with Crippen LogP contribution in [0.1, 0.15) is 37.1 Å². The lowest BCUT2D eigenvalue weighted by atomic mass is 9.81. The molecule has 2 unspecified atom stereocenters. The molecule has 1 aliphatic carbocycles. The maximum atomic E-state index is 12.0. The maximum Gasteiger partial charge on any atom is 0.306 e. The quantitative estimate of drug-likeness (QED) is 0.861. The average molecular weight is 266 g/mol. The van der Waals surface area contributed by atoms with Crippen LogP contribution in [0.2, 0.25) is 0 Å². The van der Waals surface area contributed by atoms with Crippen LogP contribution in [-0.2, 0) is 16.1 Å². The van der Waals surface area contributed by atoms with Gasteiger partial charge in [0.1, 0.15) is 11.5 Å². The van der Waals surface area contributed by atoms with E-state index in [1.54, 1.807) is 6.92 Å². The van der Waals surface area contributed by atoms with Crippen molar-refractivity contribution in [2.75, 3.05) is 0 Å². The molecule has 1 saturated carbocycles. The molecule has 0 saturated heterocycles. The number of nitrogens with one attached hydrogen (secondary N) is 1. The van der Waals surface area contributed by atoms with Gasteiger partial charge in [0, 0.05) is 5.92 Å². The SMILES string of the molecule is Cc1ocnc1CNC(=O)C1CCCC(C(=O)O)C1. The summed E-state index contributed by atoms with van der Waals surface area (Å²) in [6.45, 7) is 2.12. The largest absolute Gasteiger partial charge is 0.481 e.